The minimum Gasteiger partial charge on any atom is -0.508 e. The number of phenols is 1. The van der Waals surface area contributed by atoms with Gasteiger partial charge in [0.1, 0.15) is 11.6 Å². The van der Waals surface area contributed by atoms with Crippen molar-refractivity contribution in [3.05, 3.63) is 114 Å². The maximum Gasteiger partial charge on any atom is 0.356 e. The molecule has 0 radical (unpaired) electrons. The number of β-lactam (4-membered cyclic amide) rings is 1. The van der Waals surface area contributed by atoms with E-state index in [-0.39, 0.29) is 35.4 Å². The van der Waals surface area contributed by atoms with Gasteiger partial charge in [-0.3, -0.25) is 9.36 Å². The molecule has 39 heavy (non-hydrogen) atoms. The fourth-order valence-corrected chi connectivity index (χ4v) is 5.66. The second-order valence-corrected chi connectivity index (χ2v) is 11.2. The predicted octanol–water partition coefficient (Wildman–Crippen LogP) is 5.22. The number of halogens is 1. The van der Waals surface area contributed by atoms with E-state index in [9.17, 15) is 33.7 Å². The van der Waals surface area contributed by atoms with Crippen LogP contribution in [0.4, 0.5) is 10.1 Å². The van der Waals surface area contributed by atoms with Crippen LogP contribution in [-0.4, -0.2) is 25.9 Å². The normalized spacial score (nSPS) is 18.1. The Labute approximate surface area is 225 Å². The van der Waals surface area contributed by atoms with Gasteiger partial charge >= 0.3 is 7.60 Å². The van der Waals surface area contributed by atoms with Gasteiger partial charge in [-0.1, -0.05) is 60.7 Å². The Hall–Kier alpha value is -3.81. The van der Waals surface area contributed by atoms with Gasteiger partial charge in [-0.15, -0.1) is 0 Å². The number of hydrogen-bond donors (Lipinski definition) is 4. The summed E-state index contributed by atoms with van der Waals surface area (Å²) in [6.07, 6.45) is -0.619. The Balaban J connectivity index is 1.43. The highest BCUT2D eigenvalue weighted by Gasteiger charge is 2.49. The molecule has 1 heterocycles. The molecule has 0 aliphatic carbocycles. The molecular formula is C30H27FNO6P. The second-order valence-electron chi connectivity index (χ2n) is 9.57. The van der Waals surface area contributed by atoms with Gasteiger partial charge in [0.05, 0.1) is 23.4 Å². The van der Waals surface area contributed by atoms with E-state index in [4.69, 9.17) is 0 Å². The van der Waals surface area contributed by atoms with E-state index in [1.165, 1.54) is 24.3 Å². The molecule has 1 aliphatic heterocycles. The molecule has 1 saturated heterocycles. The summed E-state index contributed by atoms with van der Waals surface area (Å²) >= 11 is 0. The van der Waals surface area contributed by atoms with Crippen molar-refractivity contribution in [1.29, 1.82) is 0 Å². The number of carbonyl (C=O) groups excluding carboxylic acids is 1. The zero-order valence-corrected chi connectivity index (χ0v) is 21.7. The second kappa shape index (κ2) is 10.8. The molecule has 5 rings (SSSR count). The predicted molar refractivity (Wildman–Crippen MR) is 146 cm³/mol. The van der Waals surface area contributed by atoms with Crippen molar-refractivity contribution >= 4 is 24.5 Å². The minimum atomic E-state index is -4.37. The number of para-hydroxylation sites is 1. The van der Waals surface area contributed by atoms with E-state index < -0.39 is 31.5 Å². The van der Waals surface area contributed by atoms with E-state index in [1.54, 1.807) is 47.4 Å². The number of aliphatic hydroxyl groups excluding tert-OH is 1. The summed E-state index contributed by atoms with van der Waals surface area (Å²) < 4.78 is 25.6. The first kappa shape index (κ1) is 26.8. The van der Waals surface area contributed by atoms with Gasteiger partial charge in [0.2, 0.25) is 5.91 Å². The number of phenolic OH excluding ortho intramolecular Hbond substituents is 1. The van der Waals surface area contributed by atoms with Crippen molar-refractivity contribution < 1.29 is 33.7 Å². The number of nitrogens with zero attached hydrogens (tertiary/aromatic N) is 1. The number of benzene rings is 4. The number of amides is 1. The summed E-state index contributed by atoms with van der Waals surface area (Å²) in [5.41, 5.74) is 2.67. The molecule has 1 aliphatic rings. The van der Waals surface area contributed by atoms with Crippen LogP contribution in [-0.2, 0) is 9.36 Å². The summed E-state index contributed by atoms with van der Waals surface area (Å²) in [6.45, 7) is 0. The zero-order chi connectivity index (χ0) is 27.7. The van der Waals surface area contributed by atoms with Crippen LogP contribution >= 0.6 is 7.60 Å². The van der Waals surface area contributed by atoms with Crippen molar-refractivity contribution in [2.45, 2.75) is 25.0 Å². The van der Waals surface area contributed by atoms with Crippen LogP contribution < -0.4 is 10.2 Å². The first-order valence-corrected chi connectivity index (χ1v) is 14.1. The van der Waals surface area contributed by atoms with Gasteiger partial charge in [-0.2, -0.15) is 0 Å². The van der Waals surface area contributed by atoms with Crippen molar-refractivity contribution in [3.63, 3.8) is 0 Å². The lowest BCUT2D eigenvalue weighted by molar-refractivity contribution is -0.131. The number of anilines is 1. The highest BCUT2D eigenvalue weighted by atomic mass is 31.2. The van der Waals surface area contributed by atoms with E-state index >= 15 is 0 Å². The lowest BCUT2D eigenvalue weighted by Crippen LogP contribution is -2.55. The molecule has 0 aromatic heterocycles. The third-order valence-corrected chi connectivity index (χ3v) is 8.12. The number of rotatable bonds is 8. The van der Waals surface area contributed by atoms with Crippen molar-refractivity contribution in [3.8, 4) is 16.9 Å². The van der Waals surface area contributed by atoms with Crippen LogP contribution in [0.2, 0.25) is 0 Å². The van der Waals surface area contributed by atoms with Crippen LogP contribution in [0.25, 0.3) is 11.1 Å². The van der Waals surface area contributed by atoms with E-state index in [1.807, 2.05) is 30.3 Å². The van der Waals surface area contributed by atoms with Crippen molar-refractivity contribution in [1.82, 2.24) is 0 Å². The van der Waals surface area contributed by atoms with Gasteiger partial charge < -0.3 is 24.9 Å². The average Bonchev–Trinajstić information content (AvgIpc) is 2.92. The molecule has 4 aromatic rings. The Morgan fingerprint density at radius 1 is 0.872 bits per heavy atom. The molecule has 0 spiro atoms. The van der Waals surface area contributed by atoms with Crippen molar-refractivity contribution in [2.75, 3.05) is 4.90 Å². The molecule has 9 heteroatoms. The van der Waals surface area contributed by atoms with Crippen molar-refractivity contribution in [2.24, 2.45) is 5.92 Å². The van der Waals surface area contributed by atoms with Gasteiger partial charge in [0.25, 0.3) is 0 Å². The molecule has 200 valence electrons. The monoisotopic (exact) mass is 547 g/mol. The Bertz CT molecular complexity index is 1540. The highest BCUT2D eigenvalue weighted by molar-refractivity contribution is 7.60. The lowest BCUT2D eigenvalue weighted by Gasteiger charge is -2.48. The van der Waals surface area contributed by atoms with Crippen LogP contribution in [0, 0.1) is 11.7 Å². The highest BCUT2D eigenvalue weighted by Crippen LogP contribution is 2.49. The molecule has 1 amide bonds. The van der Waals surface area contributed by atoms with E-state index in [0.717, 1.165) is 0 Å². The largest absolute Gasteiger partial charge is 0.508 e. The van der Waals surface area contributed by atoms with Gasteiger partial charge in [0, 0.05) is 16.8 Å². The number of carbonyl (C=O) groups is 1. The molecule has 1 fully saturated rings. The molecule has 4 aromatic carbocycles. The molecule has 0 unspecified atom stereocenters. The van der Waals surface area contributed by atoms with Crippen LogP contribution in [0.1, 0.15) is 36.1 Å². The number of hydrogen-bond acceptors (Lipinski definition) is 4. The summed E-state index contributed by atoms with van der Waals surface area (Å²) in [5.74, 6) is -1.23. The summed E-state index contributed by atoms with van der Waals surface area (Å²) in [4.78, 5) is 33.6. The van der Waals surface area contributed by atoms with Crippen LogP contribution in [0.3, 0.4) is 0 Å². The number of aromatic hydroxyl groups is 1. The third-order valence-electron chi connectivity index (χ3n) is 7.15. The van der Waals surface area contributed by atoms with Gasteiger partial charge in [0.15, 0.2) is 0 Å². The smallest absolute Gasteiger partial charge is 0.356 e. The maximum absolute atomic E-state index is 14.2. The van der Waals surface area contributed by atoms with E-state index in [2.05, 4.69) is 0 Å². The van der Waals surface area contributed by atoms with E-state index in [0.29, 0.717) is 22.4 Å². The fourth-order valence-electron chi connectivity index (χ4n) is 5.12. The van der Waals surface area contributed by atoms with Gasteiger partial charge in [-0.05, 0) is 60.4 Å². The Kier molecular flexibility index (Phi) is 7.38. The third kappa shape index (κ3) is 5.37. The quantitative estimate of drug-likeness (QED) is 0.178. The molecule has 7 nitrogen and oxygen atoms in total. The topological polar surface area (TPSA) is 118 Å². The molecule has 3 atom stereocenters. The molecule has 4 N–H and O–H groups in total. The average molecular weight is 548 g/mol. The van der Waals surface area contributed by atoms with Crippen LogP contribution in [0.5, 0.6) is 5.75 Å². The molecule has 0 saturated carbocycles. The summed E-state index contributed by atoms with van der Waals surface area (Å²) in [6, 6.07) is 25.5. The maximum atomic E-state index is 14.2. The number of aliphatic hydroxyl groups is 1. The zero-order valence-electron chi connectivity index (χ0n) is 20.8. The first-order valence-electron chi connectivity index (χ1n) is 12.4. The Morgan fingerprint density at radius 3 is 2.15 bits per heavy atom. The Morgan fingerprint density at radius 2 is 1.51 bits per heavy atom. The summed E-state index contributed by atoms with van der Waals surface area (Å²) in [7, 11) is -4.37. The molecule has 0 bridgehead atoms. The van der Waals surface area contributed by atoms with Gasteiger partial charge in [-0.25, -0.2) is 4.39 Å². The minimum absolute atomic E-state index is 0.0374. The van der Waals surface area contributed by atoms with Crippen LogP contribution in [0.15, 0.2) is 97.1 Å². The first-order chi connectivity index (χ1) is 18.6. The molecular weight excluding hydrogens is 520 g/mol. The lowest BCUT2D eigenvalue weighted by atomic mass is 9.77. The SMILES string of the molecule is O=C1[C@H](CC[C@H](O)c2ccccc2F)[C@@H](c2ccc(-c3ccc(P(=O)(O)O)cc3)cc2O)N1c1ccccc1. The standard InChI is InChI=1S/C30H27FNO6P/c31-26-9-5-4-8-23(26)27(33)17-16-25-29(32(30(25)35)21-6-2-1-3-7-21)24-15-12-20(18-28(24)34)19-10-13-22(14-11-19)39(36,37)38/h1-15,18,25,27,29,33-34H,16-17H2,(H2,36,37,38)/t25-,27+,29-/m1/s1. The fraction of sp³-hybridized carbons (Fsp3) is 0.167. The summed E-state index contributed by atoms with van der Waals surface area (Å²) in [5, 5.41) is 21.6.